The number of nitrogens with zero attached hydrogens (tertiary/aromatic N) is 1. The van der Waals surface area contributed by atoms with Crippen molar-refractivity contribution in [1.29, 1.82) is 0 Å². The van der Waals surface area contributed by atoms with E-state index in [-0.39, 0.29) is 12.2 Å². The second-order valence-electron chi connectivity index (χ2n) is 7.58. The molecule has 3 rings (SSSR count). The van der Waals surface area contributed by atoms with Gasteiger partial charge in [0.15, 0.2) is 6.61 Å². The van der Waals surface area contributed by atoms with Gasteiger partial charge in [-0.3, -0.25) is 19.8 Å². The standard InChI is InChI=1S/C20H24FN3O5S/c1-13-6-9-20(10-7-13)18(27)24(19(28)22-20)23-16(25)12-29-17(26)8-11-30-15-4-2-14(21)3-5-15/h2-5,13H,6-12H2,1H3,(H,22,28)(H,23,25). The van der Waals surface area contributed by atoms with E-state index >= 15 is 0 Å². The van der Waals surface area contributed by atoms with Crippen molar-refractivity contribution in [1.82, 2.24) is 15.8 Å². The van der Waals surface area contributed by atoms with Crippen molar-refractivity contribution in [2.24, 2.45) is 5.92 Å². The van der Waals surface area contributed by atoms with Gasteiger partial charge >= 0.3 is 12.0 Å². The summed E-state index contributed by atoms with van der Waals surface area (Å²) in [5.74, 6) is -1.27. The second-order valence-corrected chi connectivity index (χ2v) is 8.75. The van der Waals surface area contributed by atoms with Crippen molar-refractivity contribution in [3.8, 4) is 0 Å². The van der Waals surface area contributed by atoms with Crippen LogP contribution in [0.5, 0.6) is 0 Å². The first-order valence-electron chi connectivity index (χ1n) is 9.79. The number of rotatable bonds is 7. The number of nitrogens with one attached hydrogen (secondary N) is 2. The first kappa shape index (κ1) is 22.1. The number of benzene rings is 1. The summed E-state index contributed by atoms with van der Waals surface area (Å²) in [4.78, 5) is 49.5. The Kier molecular flexibility index (Phi) is 6.96. The first-order valence-corrected chi connectivity index (χ1v) is 10.8. The summed E-state index contributed by atoms with van der Waals surface area (Å²) in [5.41, 5.74) is 1.27. The monoisotopic (exact) mass is 437 g/mol. The molecule has 30 heavy (non-hydrogen) atoms. The molecule has 0 atom stereocenters. The molecule has 2 aliphatic rings. The van der Waals surface area contributed by atoms with Gasteiger partial charge in [-0.2, -0.15) is 5.01 Å². The fourth-order valence-electron chi connectivity index (χ4n) is 3.47. The normalized spacial score (nSPS) is 23.4. The lowest BCUT2D eigenvalue weighted by atomic mass is 9.77. The molecule has 1 spiro atoms. The van der Waals surface area contributed by atoms with Gasteiger partial charge in [0.1, 0.15) is 11.4 Å². The molecule has 0 radical (unpaired) electrons. The number of halogens is 1. The van der Waals surface area contributed by atoms with Gasteiger partial charge in [-0.05, 0) is 55.9 Å². The highest BCUT2D eigenvalue weighted by Gasteiger charge is 2.52. The smallest absolute Gasteiger partial charge is 0.344 e. The van der Waals surface area contributed by atoms with E-state index in [1.54, 1.807) is 12.1 Å². The fourth-order valence-corrected chi connectivity index (χ4v) is 4.31. The molecule has 0 unspecified atom stereocenters. The molecule has 4 amide bonds. The van der Waals surface area contributed by atoms with Gasteiger partial charge in [0, 0.05) is 10.6 Å². The van der Waals surface area contributed by atoms with Crippen LogP contribution in [0.2, 0.25) is 0 Å². The summed E-state index contributed by atoms with van der Waals surface area (Å²) in [6.07, 6.45) is 2.76. The van der Waals surface area contributed by atoms with Crippen LogP contribution in [0, 0.1) is 11.7 Å². The summed E-state index contributed by atoms with van der Waals surface area (Å²) in [7, 11) is 0. The molecule has 10 heteroatoms. The summed E-state index contributed by atoms with van der Waals surface area (Å²) in [6, 6.07) is 5.20. The Hall–Kier alpha value is -2.62. The topological polar surface area (TPSA) is 105 Å². The molecule has 2 fully saturated rings. The number of imide groups is 1. The van der Waals surface area contributed by atoms with E-state index in [4.69, 9.17) is 4.74 Å². The van der Waals surface area contributed by atoms with E-state index in [9.17, 15) is 23.6 Å². The number of hydrazine groups is 1. The summed E-state index contributed by atoms with van der Waals surface area (Å²) in [5, 5.41) is 3.37. The van der Waals surface area contributed by atoms with Crippen LogP contribution in [0.15, 0.2) is 29.2 Å². The van der Waals surface area contributed by atoms with E-state index in [1.807, 2.05) is 0 Å². The van der Waals surface area contributed by atoms with Crippen molar-refractivity contribution >= 4 is 35.6 Å². The predicted octanol–water partition coefficient (Wildman–Crippen LogP) is 2.38. The molecule has 2 N–H and O–H groups in total. The summed E-state index contributed by atoms with van der Waals surface area (Å²) >= 11 is 1.36. The number of carbonyl (C=O) groups is 4. The Morgan fingerprint density at radius 3 is 2.60 bits per heavy atom. The zero-order chi connectivity index (χ0) is 21.7. The molecule has 1 aliphatic heterocycles. The maximum atomic E-state index is 12.9. The highest BCUT2D eigenvalue weighted by atomic mass is 32.2. The Labute approximate surface area is 177 Å². The van der Waals surface area contributed by atoms with Crippen molar-refractivity contribution in [3.05, 3.63) is 30.1 Å². The summed E-state index contributed by atoms with van der Waals surface area (Å²) < 4.78 is 17.8. The fraction of sp³-hybridized carbons (Fsp3) is 0.500. The molecular formula is C20H24FN3O5S. The lowest BCUT2D eigenvalue weighted by molar-refractivity contribution is -0.150. The van der Waals surface area contributed by atoms with Gasteiger partial charge in [0.25, 0.3) is 11.8 Å². The van der Waals surface area contributed by atoms with Crippen LogP contribution in [0.1, 0.15) is 39.0 Å². The van der Waals surface area contributed by atoms with Crippen molar-refractivity contribution in [3.63, 3.8) is 0 Å². The van der Waals surface area contributed by atoms with Crippen LogP contribution in [-0.4, -0.2) is 46.7 Å². The van der Waals surface area contributed by atoms with E-state index < -0.39 is 36.0 Å². The number of hydrogen-bond donors (Lipinski definition) is 2. The van der Waals surface area contributed by atoms with Gasteiger partial charge in [0.05, 0.1) is 6.42 Å². The minimum atomic E-state index is -0.953. The van der Waals surface area contributed by atoms with E-state index in [2.05, 4.69) is 17.7 Å². The number of carbonyl (C=O) groups excluding carboxylic acids is 4. The van der Waals surface area contributed by atoms with E-state index in [0.717, 1.165) is 17.7 Å². The lowest BCUT2D eigenvalue weighted by Crippen LogP contribution is -2.52. The number of esters is 1. The number of ether oxygens (including phenoxy) is 1. The van der Waals surface area contributed by atoms with Gasteiger partial charge in [-0.25, -0.2) is 9.18 Å². The minimum absolute atomic E-state index is 0.0553. The van der Waals surface area contributed by atoms with Crippen molar-refractivity contribution in [2.45, 2.75) is 49.5 Å². The molecule has 0 bridgehead atoms. The average Bonchev–Trinajstić information content (AvgIpc) is 2.94. The van der Waals surface area contributed by atoms with Gasteiger partial charge < -0.3 is 10.1 Å². The number of urea groups is 1. The van der Waals surface area contributed by atoms with E-state index in [0.29, 0.717) is 29.5 Å². The van der Waals surface area contributed by atoms with Crippen LogP contribution in [0.4, 0.5) is 9.18 Å². The largest absolute Gasteiger partial charge is 0.455 e. The molecule has 1 aromatic rings. The maximum absolute atomic E-state index is 12.9. The molecule has 8 nitrogen and oxygen atoms in total. The lowest BCUT2D eigenvalue weighted by Gasteiger charge is -2.33. The zero-order valence-corrected chi connectivity index (χ0v) is 17.4. The Balaban J connectivity index is 1.39. The number of thioether (sulfide) groups is 1. The number of amides is 4. The SMILES string of the molecule is CC1CCC2(CC1)NC(=O)N(NC(=O)COC(=O)CCSc1ccc(F)cc1)C2=O. The third-order valence-corrected chi connectivity index (χ3v) is 6.29. The third-order valence-electron chi connectivity index (χ3n) is 5.28. The van der Waals surface area contributed by atoms with E-state index in [1.165, 1.54) is 23.9 Å². The minimum Gasteiger partial charge on any atom is -0.455 e. The Morgan fingerprint density at radius 1 is 1.27 bits per heavy atom. The van der Waals surface area contributed by atoms with Gasteiger partial charge in [0.2, 0.25) is 0 Å². The first-order chi connectivity index (χ1) is 14.3. The molecule has 1 saturated carbocycles. The molecule has 1 aliphatic carbocycles. The van der Waals surface area contributed by atoms with Gasteiger partial charge in [-0.15, -0.1) is 11.8 Å². The maximum Gasteiger partial charge on any atom is 0.344 e. The van der Waals surface area contributed by atoms with Crippen molar-refractivity contribution in [2.75, 3.05) is 12.4 Å². The highest BCUT2D eigenvalue weighted by molar-refractivity contribution is 7.99. The number of hydrogen-bond acceptors (Lipinski definition) is 6. The molecule has 162 valence electrons. The van der Waals surface area contributed by atoms with Crippen molar-refractivity contribution < 1.29 is 28.3 Å². The van der Waals surface area contributed by atoms with Crippen LogP contribution in [0.3, 0.4) is 0 Å². The average molecular weight is 437 g/mol. The van der Waals surface area contributed by atoms with Crippen LogP contribution < -0.4 is 10.7 Å². The highest BCUT2D eigenvalue weighted by Crippen LogP contribution is 2.35. The second kappa shape index (κ2) is 9.46. The predicted molar refractivity (Wildman–Crippen MR) is 107 cm³/mol. The molecule has 0 aromatic heterocycles. The van der Waals surface area contributed by atoms with Crippen LogP contribution >= 0.6 is 11.8 Å². The molecular weight excluding hydrogens is 413 g/mol. The van der Waals surface area contributed by atoms with Crippen LogP contribution in [0.25, 0.3) is 0 Å². The summed E-state index contributed by atoms with van der Waals surface area (Å²) in [6.45, 7) is 1.50. The quantitative estimate of drug-likeness (QED) is 0.386. The Bertz CT molecular complexity index is 824. The van der Waals surface area contributed by atoms with Crippen LogP contribution in [-0.2, 0) is 19.1 Å². The Morgan fingerprint density at radius 2 is 1.93 bits per heavy atom. The third kappa shape index (κ3) is 5.29. The zero-order valence-electron chi connectivity index (χ0n) is 16.6. The molecule has 1 saturated heterocycles. The van der Waals surface area contributed by atoms with Gasteiger partial charge in [-0.1, -0.05) is 6.92 Å². The molecule has 1 aromatic carbocycles. The molecule has 1 heterocycles.